The number of nitrogens with zero attached hydrogens (tertiary/aromatic N) is 3. The fourth-order valence-electron chi connectivity index (χ4n) is 2.13. The van der Waals surface area contributed by atoms with Gasteiger partial charge in [-0.2, -0.15) is 0 Å². The highest BCUT2D eigenvalue weighted by molar-refractivity contribution is 7.99. The molecule has 1 aromatic heterocycles. The van der Waals surface area contributed by atoms with Gasteiger partial charge in [-0.25, -0.2) is 0 Å². The highest BCUT2D eigenvalue weighted by Crippen LogP contribution is 2.19. The van der Waals surface area contributed by atoms with Crippen LogP contribution in [0.2, 0.25) is 0 Å². The topological polar surface area (TPSA) is 75.2 Å². The van der Waals surface area contributed by atoms with Crippen LogP contribution in [0.3, 0.4) is 0 Å². The summed E-state index contributed by atoms with van der Waals surface area (Å²) in [6.45, 7) is 5.35. The summed E-state index contributed by atoms with van der Waals surface area (Å²) in [4.78, 5) is 24.9. The maximum atomic E-state index is 12.1. The maximum Gasteiger partial charge on any atom is 0.232 e. The lowest BCUT2D eigenvalue weighted by atomic mass is 9.99. The first-order valence-electron chi connectivity index (χ1n) is 7.06. The fraction of sp³-hybridized carbons (Fsp3) is 0.571. The van der Waals surface area contributed by atoms with E-state index < -0.39 is 0 Å². The van der Waals surface area contributed by atoms with Crippen LogP contribution in [0, 0.1) is 5.92 Å². The lowest BCUT2D eigenvalue weighted by Crippen LogP contribution is -2.38. The number of nitrogens with one attached hydrogen (secondary N) is 1. The van der Waals surface area contributed by atoms with Gasteiger partial charge in [0.05, 0.1) is 5.75 Å². The molecule has 0 radical (unpaired) electrons. The first kappa shape index (κ1) is 15.8. The van der Waals surface area contributed by atoms with Crippen LogP contribution in [0.1, 0.15) is 26.7 Å². The minimum Gasteiger partial charge on any atom is -0.342 e. The summed E-state index contributed by atoms with van der Waals surface area (Å²) in [5.74, 6) is 1.48. The number of carbonyl (C=O) groups is 2. The Morgan fingerprint density at radius 2 is 2.05 bits per heavy atom. The van der Waals surface area contributed by atoms with Gasteiger partial charge < -0.3 is 10.2 Å². The molecule has 2 amide bonds. The Balaban J connectivity index is 1.79. The molecule has 1 aliphatic rings. The van der Waals surface area contributed by atoms with E-state index in [2.05, 4.69) is 22.4 Å². The monoisotopic (exact) mass is 308 g/mol. The number of hydrogen-bond acceptors (Lipinski definition) is 5. The number of aromatic nitrogens is 2. The zero-order chi connectivity index (χ0) is 15.2. The Morgan fingerprint density at radius 3 is 2.62 bits per heavy atom. The number of thioether (sulfide) groups is 1. The van der Waals surface area contributed by atoms with Crippen LogP contribution in [0.5, 0.6) is 0 Å². The summed E-state index contributed by atoms with van der Waals surface area (Å²) in [7, 11) is 0. The first-order valence-corrected chi connectivity index (χ1v) is 8.05. The number of hydrogen-bond donors (Lipinski definition) is 1. The molecule has 1 saturated heterocycles. The Bertz CT molecular complexity index is 498. The molecule has 1 aliphatic heterocycles. The smallest absolute Gasteiger partial charge is 0.232 e. The van der Waals surface area contributed by atoms with E-state index in [-0.39, 0.29) is 11.8 Å². The van der Waals surface area contributed by atoms with Crippen molar-refractivity contribution < 1.29 is 9.59 Å². The van der Waals surface area contributed by atoms with Crippen LogP contribution in [0.25, 0.3) is 0 Å². The molecular formula is C14H20N4O2S. The predicted octanol–water partition coefficient (Wildman–Crippen LogP) is 1.79. The van der Waals surface area contributed by atoms with Gasteiger partial charge in [0, 0.05) is 20.0 Å². The zero-order valence-corrected chi connectivity index (χ0v) is 13.2. The lowest BCUT2D eigenvalue weighted by molar-refractivity contribution is -0.129. The largest absolute Gasteiger partial charge is 0.342 e. The van der Waals surface area contributed by atoms with E-state index in [9.17, 15) is 9.59 Å². The van der Waals surface area contributed by atoms with E-state index in [4.69, 9.17) is 0 Å². The molecule has 21 heavy (non-hydrogen) atoms. The second-order valence-electron chi connectivity index (χ2n) is 5.29. The minimum atomic E-state index is -0.181. The molecule has 0 saturated carbocycles. The van der Waals surface area contributed by atoms with Gasteiger partial charge in [0.1, 0.15) is 5.03 Å². The van der Waals surface area contributed by atoms with Gasteiger partial charge in [-0.1, -0.05) is 18.7 Å². The second kappa shape index (κ2) is 7.40. The van der Waals surface area contributed by atoms with Gasteiger partial charge in [-0.05, 0) is 30.9 Å². The summed E-state index contributed by atoms with van der Waals surface area (Å²) in [6, 6.07) is 3.44. The molecule has 1 aromatic rings. The molecule has 6 nitrogen and oxygen atoms in total. The van der Waals surface area contributed by atoms with Crippen LogP contribution in [-0.2, 0) is 9.59 Å². The van der Waals surface area contributed by atoms with Gasteiger partial charge in [-0.3, -0.25) is 9.59 Å². The average molecular weight is 308 g/mol. The fourth-order valence-corrected chi connectivity index (χ4v) is 2.85. The standard InChI is InChI=1S/C14H20N4O2S/c1-10-5-7-18(8-6-10)14(20)9-21-13-4-3-12(16-17-13)15-11(2)19/h3-4,10H,5-9H2,1-2H3,(H,15,16,19). The van der Waals surface area contributed by atoms with Gasteiger partial charge in [0.25, 0.3) is 0 Å². The van der Waals surface area contributed by atoms with E-state index in [0.717, 1.165) is 25.9 Å². The van der Waals surface area contributed by atoms with Crippen molar-refractivity contribution in [1.29, 1.82) is 0 Å². The number of anilines is 1. The molecule has 0 aliphatic carbocycles. The molecule has 7 heteroatoms. The van der Waals surface area contributed by atoms with E-state index >= 15 is 0 Å². The van der Waals surface area contributed by atoms with Gasteiger partial charge in [-0.15, -0.1) is 10.2 Å². The SMILES string of the molecule is CC(=O)Nc1ccc(SCC(=O)N2CCC(C)CC2)nn1. The molecular weight excluding hydrogens is 288 g/mol. The molecule has 114 valence electrons. The molecule has 0 aromatic carbocycles. The predicted molar refractivity (Wildman–Crippen MR) is 82.0 cm³/mol. The van der Waals surface area contributed by atoms with Crippen LogP contribution in [0.15, 0.2) is 17.2 Å². The zero-order valence-electron chi connectivity index (χ0n) is 12.3. The first-order chi connectivity index (χ1) is 10.0. The van der Waals surface area contributed by atoms with Crippen LogP contribution >= 0.6 is 11.8 Å². The van der Waals surface area contributed by atoms with Crippen molar-refractivity contribution in [2.24, 2.45) is 5.92 Å². The highest BCUT2D eigenvalue weighted by Gasteiger charge is 2.20. The van der Waals surface area contributed by atoms with Gasteiger partial charge >= 0.3 is 0 Å². The molecule has 1 fully saturated rings. The number of rotatable bonds is 4. The quantitative estimate of drug-likeness (QED) is 0.858. The second-order valence-corrected chi connectivity index (χ2v) is 6.29. The van der Waals surface area contributed by atoms with E-state index in [0.29, 0.717) is 22.5 Å². The summed E-state index contributed by atoms with van der Waals surface area (Å²) < 4.78 is 0. The summed E-state index contributed by atoms with van der Waals surface area (Å²) in [5.41, 5.74) is 0. The van der Waals surface area contributed by atoms with E-state index in [1.165, 1.54) is 18.7 Å². The van der Waals surface area contributed by atoms with Crippen molar-refractivity contribution in [2.75, 3.05) is 24.2 Å². The highest BCUT2D eigenvalue weighted by atomic mass is 32.2. The molecule has 0 atom stereocenters. The van der Waals surface area contributed by atoms with Gasteiger partial charge in [0.2, 0.25) is 11.8 Å². The van der Waals surface area contributed by atoms with Crippen LogP contribution < -0.4 is 5.32 Å². The third-order valence-electron chi connectivity index (χ3n) is 3.42. The molecule has 0 spiro atoms. The Hall–Kier alpha value is -1.63. The maximum absolute atomic E-state index is 12.1. The number of piperidine rings is 1. The Kier molecular flexibility index (Phi) is 5.55. The lowest BCUT2D eigenvalue weighted by Gasteiger charge is -2.30. The Morgan fingerprint density at radius 1 is 1.33 bits per heavy atom. The molecule has 1 N–H and O–H groups in total. The number of likely N-dealkylation sites (tertiary alicyclic amines) is 1. The third-order valence-corrected chi connectivity index (χ3v) is 4.33. The minimum absolute atomic E-state index is 0.152. The van der Waals surface area contributed by atoms with Crippen molar-refractivity contribution in [3.05, 3.63) is 12.1 Å². The van der Waals surface area contributed by atoms with Crippen molar-refractivity contribution >= 4 is 29.4 Å². The summed E-state index contributed by atoms with van der Waals surface area (Å²) in [5, 5.41) is 11.1. The average Bonchev–Trinajstić information content (AvgIpc) is 2.46. The Labute approximate surface area is 128 Å². The van der Waals surface area contributed by atoms with Crippen molar-refractivity contribution in [1.82, 2.24) is 15.1 Å². The third kappa shape index (κ3) is 5.00. The number of amides is 2. The summed E-state index contributed by atoms with van der Waals surface area (Å²) >= 11 is 1.37. The van der Waals surface area contributed by atoms with Crippen molar-refractivity contribution in [2.45, 2.75) is 31.7 Å². The van der Waals surface area contributed by atoms with E-state index in [1.54, 1.807) is 12.1 Å². The van der Waals surface area contributed by atoms with Crippen molar-refractivity contribution in [3.63, 3.8) is 0 Å². The van der Waals surface area contributed by atoms with E-state index in [1.807, 2.05) is 4.90 Å². The molecule has 2 heterocycles. The summed E-state index contributed by atoms with van der Waals surface area (Å²) in [6.07, 6.45) is 2.17. The number of carbonyl (C=O) groups excluding carboxylic acids is 2. The van der Waals surface area contributed by atoms with Crippen LogP contribution in [-0.4, -0.2) is 45.8 Å². The molecule has 0 bridgehead atoms. The molecule has 0 unspecified atom stereocenters. The van der Waals surface area contributed by atoms with Crippen molar-refractivity contribution in [3.8, 4) is 0 Å². The van der Waals surface area contributed by atoms with Gasteiger partial charge in [0.15, 0.2) is 5.82 Å². The van der Waals surface area contributed by atoms with Crippen LogP contribution in [0.4, 0.5) is 5.82 Å². The normalized spacial score (nSPS) is 15.8. The molecule has 2 rings (SSSR count).